The summed E-state index contributed by atoms with van der Waals surface area (Å²) in [7, 11) is 1.36. The predicted molar refractivity (Wildman–Crippen MR) is 123 cm³/mol. The molecule has 0 radical (unpaired) electrons. The summed E-state index contributed by atoms with van der Waals surface area (Å²) in [4.78, 5) is 20.2. The van der Waals surface area contributed by atoms with Crippen molar-refractivity contribution in [3.63, 3.8) is 0 Å². The van der Waals surface area contributed by atoms with Gasteiger partial charge in [-0.3, -0.25) is 9.36 Å². The minimum absolute atomic E-state index is 0.0420. The van der Waals surface area contributed by atoms with E-state index in [2.05, 4.69) is 10.2 Å². The lowest BCUT2D eigenvalue weighted by molar-refractivity contribution is 0.375. The van der Waals surface area contributed by atoms with Crippen LogP contribution in [0.3, 0.4) is 0 Å². The minimum Gasteiger partial charge on any atom is -0.494 e. The summed E-state index contributed by atoms with van der Waals surface area (Å²) >= 11 is 0. The zero-order valence-electron chi connectivity index (χ0n) is 18.6. The second kappa shape index (κ2) is 8.88. The van der Waals surface area contributed by atoms with Crippen molar-refractivity contribution >= 4 is 5.82 Å². The quantitative estimate of drug-likeness (QED) is 0.640. The fraction of sp³-hybridized carbons (Fsp3) is 0.320. The van der Waals surface area contributed by atoms with Gasteiger partial charge in [0.2, 0.25) is 0 Å². The molecule has 7 nitrogen and oxygen atoms in total. The lowest BCUT2D eigenvalue weighted by Crippen LogP contribution is -2.45. The van der Waals surface area contributed by atoms with E-state index in [-0.39, 0.29) is 22.8 Å². The van der Waals surface area contributed by atoms with Gasteiger partial charge in [-0.2, -0.15) is 5.26 Å². The molecule has 3 aromatic rings. The van der Waals surface area contributed by atoms with Crippen LogP contribution in [0.25, 0.3) is 17.1 Å². The summed E-state index contributed by atoms with van der Waals surface area (Å²) < 4.78 is 35.2. The van der Waals surface area contributed by atoms with Crippen LogP contribution in [0.15, 0.2) is 47.3 Å². The first-order chi connectivity index (χ1) is 16.5. The Kier molecular flexibility index (Phi) is 5.75. The lowest BCUT2D eigenvalue weighted by atomic mass is 9.93. The highest BCUT2D eigenvalue weighted by Crippen LogP contribution is 2.30. The van der Waals surface area contributed by atoms with E-state index in [0.717, 1.165) is 32.5 Å². The number of benzene rings is 2. The van der Waals surface area contributed by atoms with Crippen molar-refractivity contribution in [2.24, 2.45) is 5.92 Å². The molecule has 2 aliphatic rings. The van der Waals surface area contributed by atoms with Gasteiger partial charge >= 0.3 is 0 Å². The van der Waals surface area contributed by atoms with Gasteiger partial charge in [-0.1, -0.05) is 0 Å². The van der Waals surface area contributed by atoms with E-state index < -0.39 is 17.2 Å². The van der Waals surface area contributed by atoms with Crippen LogP contribution in [-0.4, -0.2) is 42.3 Å². The fourth-order valence-electron chi connectivity index (χ4n) is 4.87. The molecule has 0 saturated carbocycles. The monoisotopic (exact) mass is 463 g/mol. The van der Waals surface area contributed by atoms with Crippen LogP contribution >= 0.6 is 0 Å². The third-order valence-electron chi connectivity index (χ3n) is 6.63. The summed E-state index contributed by atoms with van der Waals surface area (Å²) in [5.41, 5.74) is 0.0195. The molecule has 2 aliphatic heterocycles. The molecule has 2 saturated heterocycles. The SMILES string of the molecule is COc1ccc(-n2c(-c3ccc(C#N)c(F)c3)nc(N3CCC4NCCC4C3)cc2=O)cc1F. The summed E-state index contributed by atoms with van der Waals surface area (Å²) in [6, 6.07) is 11.9. The molecule has 2 aromatic carbocycles. The van der Waals surface area contributed by atoms with Gasteiger partial charge in [0.1, 0.15) is 23.5 Å². The second-order valence-electron chi connectivity index (χ2n) is 8.58. The first-order valence-corrected chi connectivity index (χ1v) is 11.1. The smallest absolute Gasteiger partial charge is 0.260 e. The van der Waals surface area contributed by atoms with Gasteiger partial charge in [0.15, 0.2) is 11.6 Å². The molecular formula is C25H23F2N5O2. The van der Waals surface area contributed by atoms with Crippen molar-refractivity contribution in [3.05, 3.63) is 70.0 Å². The largest absolute Gasteiger partial charge is 0.494 e. The zero-order chi connectivity index (χ0) is 23.8. The number of fused-ring (bicyclic) bond motifs is 1. The number of ether oxygens (including phenoxy) is 1. The molecule has 3 heterocycles. The molecule has 2 atom stereocenters. The van der Waals surface area contributed by atoms with Crippen molar-refractivity contribution in [1.29, 1.82) is 5.26 Å². The molecule has 0 aliphatic carbocycles. The lowest BCUT2D eigenvalue weighted by Gasteiger charge is -2.35. The van der Waals surface area contributed by atoms with Gasteiger partial charge in [-0.25, -0.2) is 13.8 Å². The Morgan fingerprint density at radius 1 is 1.15 bits per heavy atom. The van der Waals surface area contributed by atoms with Crippen LogP contribution in [0.2, 0.25) is 0 Å². The van der Waals surface area contributed by atoms with Crippen molar-refractivity contribution < 1.29 is 13.5 Å². The van der Waals surface area contributed by atoms with Crippen molar-refractivity contribution in [2.45, 2.75) is 18.9 Å². The molecule has 5 rings (SSSR count). The molecule has 34 heavy (non-hydrogen) atoms. The third kappa shape index (κ3) is 3.90. The van der Waals surface area contributed by atoms with Crippen LogP contribution in [0.4, 0.5) is 14.6 Å². The molecule has 1 aromatic heterocycles. The number of hydrogen-bond donors (Lipinski definition) is 1. The molecule has 0 amide bonds. The third-order valence-corrected chi connectivity index (χ3v) is 6.63. The molecule has 2 fully saturated rings. The van der Waals surface area contributed by atoms with Crippen LogP contribution < -0.4 is 20.5 Å². The number of hydrogen-bond acceptors (Lipinski definition) is 6. The molecule has 9 heteroatoms. The highest BCUT2D eigenvalue weighted by molar-refractivity contribution is 5.62. The van der Waals surface area contributed by atoms with Gasteiger partial charge in [-0.15, -0.1) is 0 Å². The van der Waals surface area contributed by atoms with E-state index in [1.54, 1.807) is 12.1 Å². The van der Waals surface area contributed by atoms with E-state index in [0.29, 0.717) is 23.3 Å². The molecular weight excluding hydrogens is 440 g/mol. The number of nitrogens with zero attached hydrogens (tertiary/aromatic N) is 4. The number of halogens is 2. The van der Waals surface area contributed by atoms with Gasteiger partial charge in [0.05, 0.1) is 18.4 Å². The normalized spacial score (nSPS) is 19.5. The maximum atomic E-state index is 14.5. The molecule has 0 spiro atoms. The van der Waals surface area contributed by atoms with Crippen molar-refractivity contribution in [3.8, 4) is 28.9 Å². The van der Waals surface area contributed by atoms with Crippen LogP contribution in [0.1, 0.15) is 18.4 Å². The molecule has 0 bridgehead atoms. The molecule has 2 unspecified atom stereocenters. The van der Waals surface area contributed by atoms with Crippen LogP contribution in [-0.2, 0) is 0 Å². The Morgan fingerprint density at radius 2 is 2.00 bits per heavy atom. The van der Waals surface area contributed by atoms with Gasteiger partial charge in [-0.05, 0) is 55.6 Å². The van der Waals surface area contributed by atoms with Crippen LogP contribution in [0, 0.1) is 28.9 Å². The molecule has 174 valence electrons. The number of nitrogens with one attached hydrogen (secondary N) is 1. The Morgan fingerprint density at radius 3 is 2.74 bits per heavy atom. The maximum Gasteiger partial charge on any atom is 0.260 e. The maximum absolute atomic E-state index is 14.5. The highest BCUT2D eigenvalue weighted by atomic mass is 19.1. The fourth-order valence-corrected chi connectivity index (χ4v) is 4.87. The summed E-state index contributed by atoms with van der Waals surface area (Å²) in [5.74, 6) is -0.166. The van der Waals surface area contributed by atoms with E-state index in [4.69, 9.17) is 15.0 Å². The second-order valence-corrected chi connectivity index (χ2v) is 8.58. The first-order valence-electron chi connectivity index (χ1n) is 11.1. The first kappa shape index (κ1) is 22.0. The Hall–Kier alpha value is -3.77. The number of rotatable bonds is 4. The Labute approximate surface area is 195 Å². The van der Waals surface area contributed by atoms with E-state index in [9.17, 15) is 13.6 Å². The van der Waals surface area contributed by atoms with Crippen molar-refractivity contribution in [2.75, 3.05) is 31.6 Å². The number of anilines is 1. The summed E-state index contributed by atoms with van der Waals surface area (Å²) in [6.45, 7) is 2.49. The number of nitriles is 1. The Balaban J connectivity index is 1.65. The van der Waals surface area contributed by atoms with E-state index in [1.165, 1.54) is 48.1 Å². The number of piperidine rings is 1. The topological polar surface area (TPSA) is 83.2 Å². The van der Waals surface area contributed by atoms with E-state index >= 15 is 0 Å². The minimum atomic E-state index is -0.718. The van der Waals surface area contributed by atoms with Gasteiger partial charge in [0, 0.05) is 36.8 Å². The standard InChI is InChI=1S/C25H23F2N5O2/c1-34-22-5-4-18(11-20(22)27)32-24(33)12-23(31-9-7-21-17(14-31)6-8-29-21)30-25(32)15-2-3-16(13-28)19(26)10-15/h2-5,10-12,17,21,29H,6-9,14H2,1H3. The number of aromatic nitrogens is 2. The summed E-state index contributed by atoms with van der Waals surface area (Å²) in [6.07, 6.45) is 2.01. The van der Waals surface area contributed by atoms with Crippen LogP contribution in [0.5, 0.6) is 5.75 Å². The van der Waals surface area contributed by atoms with Gasteiger partial charge < -0.3 is 15.0 Å². The molecule has 1 N–H and O–H groups in total. The zero-order valence-corrected chi connectivity index (χ0v) is 18.6. The predicted octanol–water partition coefficient (Wildman–Crippen LogP) is 3.25. The summed E-state index contributed by atoms with van der Waals surface area (Å²) in [5, 5.41) is 12.6. The highest BCUT2D eigenvalue weighted by Gasteiger charge is 2.33. The number of methoxy groups -OCH3 is 1. The van der Waals surface area contributed by atoms with E-state index in [1.807, 2.05) is 0 Å². The van der Waals surface area contributed by atoms with Crippen molar-refractivity contribution in [1.82, 2.24) is 14.9 Å². The van der Waals surface area contributed by atoms with Gasteiger partial charge in [0.25, 0.3) is 5.56 Å². The average molecular weight is 463 g/mol. The average Bonchev–Trinajstić information content (AvgIpc) is 3.31. The Bertz CT molecular complexity index is 1350.